The van der Waals surface area contributed by atoms with Crippen LogP contribution >= 0.6 is 0 Å². The van der Waals surface area contributed by atoms with Crippen LogP contribution in [0.25, 0.3) is 0 Å². The van der Waals surface area contributed by atoms with E-state index in [0.717, 1.165) is 12.8 Å². The Labute approximate surface area is 166 Å². The zero-order chi connectivity index (χ0) is 20.9. The Morgan fingerprint density at radius 2 is 1.86 bits per heavy atom. The molecule has 7 nitrogen and oxygen atoms in total. The Balaban J connectivity index is 1.95. The molecule has 7 heteroatoms. The molecule has 1 N–H and O–H groups in total. The maximum absolute atomic E-state index is 12.1. The van der Waals surface area contributed by atoms with Gasteiger partial charge in [0, 0.05) is 18.7 Å². The van der Waals surface area contributed by atoms with Crippen LogP contribution in [0.1, 0.15) is 56.5 Å². The van der Waals surface area contributed by atoms with Gasteiger partial charge in [-0.05, 0) is 58.1 Å². The van der Waals surface area contributed by atoms with Gasteiger partial charge in [0.05, 0.1) is 19.3 Å². The highest BCUT2D eigenvalue weighted by molar-refractivity contribution is 5.90. The molecule has 0 aromatic heterocycles. The molecule has 1 aromatic rings. The first kappa shape index (κ1) is 21.9. The van der Waals surface area contributed by atoms with E-state index < -0.39 is 11.6 Å². The zero-order valence-electron chi connectivity index (χ0n) is 17.4. The van der Waals surface area contributed by atoms with Gasteiger partial charge < -0.3 is 24.2 Å². The minimum absolute atomic E-state index is 0.234. The number of carboxylic acid groups (broad SMARTS) is 1. The lowest BCUT2D eigenvalue weighted by atomic mass is 9.98. The van der Waals surface area contributed by atoms with Crippen LogP contribution < -0.4 is 9.47 Å². The predicted molar refractivity (Wildman–Crippen MR) is 105 cm³/mol. The maximum Gasteiger partial charge on any atom is 0.410 e. The number of nitrogens with zero attached hydrogens (tertiary/aromatic N) is 1. The molecule has 1 heterocycles. The van der Waals surface area contributed by atoms with E-state index >= 15 is 0 Å². The van der Waals surface area contributed by atoms with Crippen LogP contribution in [0.5, 0.6) is 11.5 Å². The van der Waals surface area contributed by atoms with E-state index in [2.05, 4.69) is 0 Å². The average molecular weight is 393 g/mol. The summed E-state index contributed by atoms with van der Waals surface area (Å²) in [7, 11) is 1.52. The molecule has 2 rings (SSSR count). The highest BCUT2D eigenvalue weighted by Crippen LogP contribution is 2.35. The summed E-state index contributed by atoms with van der Waals surface area (Å²) < 4.78 is 16.8. The maximum atomic E-state index is 12.1. The molecule has 0 atom stereocenters. The van der Waals surface area contributed by atoms with Gasteiger partial charge in [0.25, 0.3) is 0 Å². The Hall–Kier alpha value is -2.44. The third-order valence-electron chi connectivity index (χ3n) is 4.75. The quantitative estimate of drug-likeness (QED) is 0.787. The number of ether oxygens (including phenoxy) is 3. The lowest BCUT2D eigenvalue weighted by Crippen LogP contribution is -2.42. The molecule has 0 bridgehead atoms. The van der Waals surface area contributed by atoms with E-state index in [1.807, 2.05) is 27.7 Å². The highest BCUT2D eigenvalue weighted by atomic mass is 16.6. The normalized spacial score (nSPS) is 15.2. The average Bonchev–Trinajstić information content (AvgIpc) is 2.64. The van der Waals surface area contributed by atoms with Crippen LogP contribution in [0.4, 0.5) is 4.79 Å². The summed E-state index contributed by atoms with van der Waals surface area (Å²) in [5.41, 5.74) is 0.372. The van der Waals surface area contributed by atoms with Gasteiger partial charge in [0.1, 0.15) is 5.60 Å². The summed E-state index contributed by atoms with van der Waals surface area (Å²) >= 11 is 0. The molecule has 1 amide bonds. The Morgan fingerprint density at radius 3 is 2.36 bits per heavy atom. The molecule has 0 aliphatic carbocycles. The summed E-state index contributed by atoms with van der Waals surface area (Å²) in [4.78, 5) is 25.3. The predicted octanol–water partition coefficient (Wildman–Crippen LogP) is 3.98. The van der Waals surface area contributed by atoms with Crippen LogP contribution in [-0.2, 0) is 11.2 Å². The molecule has 1 aromatic carbocycles. The Kier molecular flexibility index (Phi) is 7.16. The second-order valence-electron chi connectivity index (χ2n) is 8.00. The van der Waals surface area contributed by atoms with Crippen LogP contribution in [0.3, 0.4) is 0 Å². The first-order chi connectivity index (χ1) is 13.2. The SMILES string of the molecule is CCc1c(C(=O)O)ccc(OCC2CCN(C(=O)OC(C)(C)C)CC2)c1OC. The van der Waals surface area contributed by atoms with Gasteiger partial charge >= 0.3 is 12.1 Å². The van der Waals surface area contributed by atoms with Crippen molar-refractivity contribution >= 4 is 12.1 Å². The highest BCUT2D eigenvalue weighted by Gasteiger charge is 2.27. The Bertz CT molecular complexity index is 702. The second-order valence-corrected chi connectivity index (χ2v) is 8.00. The molecule has 1 fully saturated rings. The molecule has 156 valence electrons. The van der Waals surface area contributed by atoms with Crippen molar-refractivity contribution in [2.24, 2.45) is 5.92 Å². The molecule has 0 saturated carbocycles. The van der Waals surface area contributed by atoms with Gasteiger partial charge in [-0.2, -0.15) is 0 Å². The van der Waals surface area contributed by atoms with E-state index in [4.69, 9.17) is 14.2 Å². The van der Waals surface area contributed by atoms with Crippen LogP contribution in [0, 0.1) is 5.92 Å². The van der Waals surface area contributed by atoms with E-state index in [-0.39, 0.29) is 11.7 Å². The number of benzene rings is 1. The molecule has 28 heavy (non-hydrogen) atoms. The second kappa shape index (κ2) is 9.17. The summed E-state index contributed by atoms with van der Waals surface area (Å²) in [6, 6.07) is 3.21. The third kappa shape index (κ3) is 5.53. The van der Waals surface area contributed by atoms with Crippen molar-refractivity contribution in [2.45, 2.75) is 52.6 Å². The van der Waals surface area contributed by atoms with E-state index in [1.165, 1.54) is 7.11 Å². The van der Waals surface area contributed by atoms with Crippen LogP contribution in [0.15, 0.2) is 12.1 Å². The fourth-order valence-corrected chi connectivity index (χ4v) is 3.31. The number of piperidine rings is 1. The van der Waals surface area contributed by atoms with Crippen molar-refractivity contribution < 1.29 is 28.9 Å². The fraction of sp³-hybridized carbons (Fsp3) is 0.619. The molecule has 0 unspecified atom stereocenters. The van der Waals surface area contributed by atoms with Gasteiger partial charge in [0.15, 0.2) is 11.5 Å². The van der Waals surface area contributed by atoms with E-state index in [1.54, 1.807) is 17.0 Å². The largest absolute Gasteiger partial charge is 0.493 e. The lowest BCUT2D eigenvalue weighted by molar-refractivity contribution is 0.0164. The van der Waals surface area contributed by atoms with E-state index in [9.17, 15) is 14.7 Å². The zero-order valence-corrected chi connectivity index (χ0v) is 17.4. The minimum atomic E-state index is -0.976. The Morgan fingerprint density at radius 1 is 1.21 bits per heavy atom. The number of carbonyl (C=O) groups excluding carboxylic acids is 1. The number of rotatable bonds is 6. The fourth-order valence-electron chi connectivity index (χ4n) is 3.31. The van der Waals surface area contributed by atoms with Crippen LogP contribution in [0.2, 0.25) is 0 Å². The number of carboxylic acids is 1. The number of amides is 1. The van der Waals surface area contributed by atoms with Crippen molar-refractivity contribution in [3.63, 3.8) is 0 Å². The lowest BCUT2D eigenvalue weighted by Gasteiger charge is -2.33. The van der Waals surface area contributed by atoms with Gasteiger partial charge in [0.2, 0.25) is 0 Å². The first-order valence-electron chi connectivity index (χ1n) is 9.70. The molecule has 1 saturated heterocycles. The van der Waals surface area contributed by atoms with E-state index in [0.29, 0.717) is 49.1 Å². The van der Waals surface area contributed by atoms with Gasteiger partial charge in [-0.25, -0.2) is 9.59 Å². The number of hydrogen-bond acceptors (Lipinski definition) is 5. The number of likely N-dealkylation sites (tertiary alicyclic amines) is 1. The number of aromatic carboxylic acids is 1. The summed E-state index contributed by atoms with van der Waals surface area (Å²) in [5.74, 6) is 0.372. The summed E-state index contributed by atoms with van der Waals surface area (Å²) in [5, 5.41) is 9.34. The smallest absolute Gasteiger partial charge is 0.410 e. The first-order valence-corrected chi connectivity index (χ1v) is 9.70. The third-order valence-corrected chi connectivity index (χ3v) is 4.75. The molecule has 1 aliphatic heterocycles. The van der Waals surface area contributed by atoms with Crippen molar-refractivity contribution in [1.29, 1.82) is 0 Å². The van der Waals surface area contributed by atoms with Gasteiger partial charge in [-0.15, -0.1) is 0 Å². The van der Waals surface area contributed by atoms with Crippen molar-refractivity contribution in [2.75, 3.05) is 26.8 Å². The van der Waals surface area contributed by atoms with Gasteiger partial charge in [-0.3, -0.25) is 0 Å². The monoisotopic (exact) mass is 393 g/mol. The van der Waals surface area contributed by atoms with Crippen LogP contribution in [-0.4, -0.2) is 54.5 Å². The molecule has 0 spiro atoms. The molecular weight excluding hydrogens is 362 g/mol. The summed E-state index contributed by atoms with van der Waals surface area (Å²) in [6.45, 7) is 9.24. The van der Waals surface area contributed by atoms with Gasteiger partial charge in [-0.1, -0.05) is 6.92 Å². The van der Waals surface area contributed by atoms with Crippen molar-refractivity contribution in [3.8, 4) is 11.5 Å². The summed E-state index contributed by atoms with van der Waals surface area (Å²) in [6.07, 6.45) is 1.92. The molecular formula is C21H31NO6. The topological polar surface area (TPSA) is 85.3 Å². The van der Waals surface area contributed by atoms with Crippen molar-refractivity contribution in [3.05, 3.63) is 23.3 Å². The van der Waals surface area contributed by atoms with Crippen molar-refractivity contribution in [1.82, 2.24) is 4.90 Å². The molecule has 0 radical (unpaired) electrons. The minimum Gasteiger partial charge on any atom is -0.493 e. The number of methoxy groups -OCH3 is 1. The molecule has 1 aliphatic rings. The number of hydrogen-bond donors (Lipinski definition) is 1. The number of carbonyl (C=O) groups is 2. The standard InChI is InChI=1S/C21H31NO6/c1-6-15-16(19(23)24)7-8-17(18(15)26-5)27-13-14-9-11-22(12-10-14)20(25)28-21(2,3)4/h7-8,14H,6,9-13H2,1-5H3,(H,23,24).